The zero-order valence-electron chi connectivity index (χ0n) is 20.5. The Labute approximate surface area is 203 Å². The molecule has 0 radical (unpaired) electrons. The van der Waals surface area contributed by atoms with E-state index in [-0.39, 0.29) is 42.3 Å². The fraction of sp³-hybridized carbons (Fsp3) is 0.783. The van der Waals surface area contributed by atoms with Crippen molar-refractivity contribution in [2.24, 2.45) is 18.9 Å². The normalized spacial score (nSPS) is 22.6. The van der Waals surface area contributed by atoms with E-state index in [9.17, 15) is 18.0 Å². The lowest BCUT2D eigenvalue weighted by Gasteiger charge is -2.31. The van der Waals surface area contributed by atoms with Crippen molar-refractivity contribution in [1.82, 2.24) is 29.4 Å². The fourth-order valence-electron chi connectivity index (χ4n) is 4.76. The lowest BCUT2D eigenvalue weighted by atomic mass is 9.93. The molecular formula is C23H40N6O4S. The van der Waals surface area contributed by atoms with E-state index < -0.39 is 10.0 Å². The van der Waals surface area contributed by atoms with Gasteiger partial charge in [-0.05, 0) is 64.1 Å². The molecule has 3 rings (SSSR count). The fourth-order valence-corrected chi connectivity index (χ4v) is 6.21. The van der Waals surface area contributed by atoms with Crippen LogP contribution in [0.1, 0.15) is 51.9 Å². The molecular weight excluding hydrogens is 456 g/mol. The van der Waals surface area contributed by atoms with Gasteiger partial charge in [-0.3, -0.25) is 9.59 Å². The van der Waals surface area contributed by atoms with Crippen LogP contribution >= 0.6 is 0 Å². The van der Waals surface area contributed by atoms with Gasteiger partial charge in [0.15, 0.2) is 5.03 Å². The van der Waals surface area contributed by atoms with Gasteiger partial charge in [-0.1, -0.05) is 6.92 Å². The van der Waals surface area contributed by atoms with Crippen LogP contribution in [-0.4, -0.2) is 84.8 Å². The van der Waals surface area contributed by atoms with Gasteiger partial charge in [0, 0.05) is 51.8 Å². The van der Waals surface area contributed by atoms with Gasteiger partial charge in [0.1, 0.15) is 0 Å². The van der Waals surface area contributed by atoms with Crippen LogP contribution in [0.15, 0.2) is 17.6 Å². The zero-order valence-corrected chi connectivity index (χ0v) is 21.4. The van der Waals surface area contributed by atoms with E-state index >= 15 is 0 Å². The first kappa shape index (κ1) is 26.6. The van der Waals surface area contributed by atoms with E-state index in [0.717, 1.165) is 26.1 Å². The molecule has 2 N–H and O–H groups in total. The lowest BCUT2D eigenvalue weighted by molar-refractivity contribution is -0.126. The number of aryl methyl sites for hydroxylation is 1. The van der Waals surface area contributed by atoms with E-state index in [2.05, 4.69) is 27.4 Å². The number of hydrogen-bond donors (Lipinski definition) is 2. The Kier molecular flexibility index (Phi) is 9.90. The Bertz CT molecular complexity index is 910. The molecule has 10 nitrogen and oxygen atoms in total. The summed E-state index contributed by atoms with van der Waals surface area (Å²) in [5.41, 5.74) is 0. The van der Waals surface area contributed by atoms with Crippen molar-refractivity contribution in [3.63, 3.8) is 0 Å². The highest BCUT2D eigenvalue weighted by atomic mass is 32.2. The molecule has 1 aromatic heterocycles. The molecule has 11 heteroatoms. The summed E-state index contributed by atoms with van der Waals surface area (Å²) in [6, 6.07) is 0. The first-order valence-corrected chi connectivity index (χ1v) is 14.0. The highest BCUT2D eigenvalue weighted by Gasteiger charge is 2.28. The minimum absolute atomic E-state index is 0.00127. The molecule has 0 bridgehead atoms. The molecule has 1 unspecified atom stereocenters. The first-order valence-electron chi connectivity index (χ1n) is 12.5. The third-order valence-electron chi connectivity index (χ3n) is 7.03. The Morgan fingerprint density at radius 1 is 1.18 bits per heavy atom. The SMILES string of the molecule is CCN1CCC(CCNC(=O)C2CCCN(S(=O)(=O)c3cn(C)cn3)CCC(=O)NCC2)CC1. The maximum Gasteiger partial charge on any atom is 0.262 e. The van der Waals surface area contributed by atoms with Crippen LogP contribution in [-0.2, 0) is 26.7 Å². The van der Waals surface area contributed by atoms with Gasteiger partial charge < -0.3 is 20.1 Å². The number of amides is 2. The summed E-state index contributed by atoms with van der Waals surface area (Å²) in [6.45, 7) is 6.99. The second kappa shape index (κ2) is 12.6. The number of imidazole rings is 1. The Hall–Kier alpha value is -1.98. The minimum atomic E-state index is -3.80. The number of nitrogens with one attached hydrogen (secondary N) is 2. The molecule has 0 aliphatic carbocycles. The molecule has 2 fully saturated rings. The van der Waals surface area contributed by atoms with Gasteiger partial charge >= 0.3 is 0 Å². The monoisotopic (exact) mass is 496 g/mol. The van der Waals surface area contributed by atoms with E-state index in [1.165, 1.54) is 29.7 Å². The van der Waals surface area contributed by atoms with Crippen molar-refractivity contribution >= 4 is 21.8 Å². The summed E-state index contributed by atoms with van der Waals surface area (Å²) in [6.07, 6.45) is 8.02. The smallest absolute Gasteiger partial charge is 0.262 e. The number of aromatic nitrogens is 2. The molecule has 0 spiro atoms. The van der Waals surface area contributed by atoms with Crippen LogP contribution < -0.4 is 10.6 Å². The molecule has 2 aliphatic rings. The highest BCUT2D eigenvalue weighted by molar-refractivity contribution is 7.89. The molecule has 34 heavy (non-hydrogen) atoms. The van der Waals surface area contributed by atoms with Crippen molar-refractivity contribution < 1.29 is 18.0 Å². The highest BCUT2D eigenvalue weighted by Crippen LogP contribution is 2.21. The Balaban J connectivity index is 1.53. The molecule has 2 aliphatic heterocycles. The number of rotatable bonds is 7. The zero-order chi connectivity index (χ0) is 24.6. The average Bonchev–Trinajstić information content (AvgIpc) is 3.25. The third-order valence-corrected chi connectivity index (χ3v) is 8.81. The molecule has 0 saturated carbocycles. The van der Waals surface area contributed by atoms with Gasteiger partial charge in [-0.2, -0.15) is 4.31 Å². The summed E-state index contributed by atoms with van der Waals surface area (Å²) in [5, 5.41) is 5.91. The molecule has 3 heterocycles. The number of likely N-dealkylation sites (tertiary alicyclic amines) is 1. The van der Waals surface area contributed by atoms with Crippen LogP contribution in [0.3, 0.4) is 0 Å². The Morgan fingerprint density at radius 2 is 1.94 bits per heavy atom. The number of carbonyl (C=O) groups excluding carboxylic acids is 2. The average molecular weight is 497 g/mol. The molecule has 192 valence electrons. The van der Waals surface area contributed by atoms with Crippen LogP contribution in [0, 0.1) is 11.8 Å². The maximum atomic E-state index is 13.0. The topological polar surface area (TPSA) is 117 Å². The van der Waals surface area contributed by atoms with E-state index in [0.29, 0.717) is 38.3 Å². The molecule has 2 saturated heterocycles. The largest absolute Gasteiger partial charge is 0.356 e. The quantitative estimate of drug-likeness (QED) is 0.581. The number of sulfonamides is 1. The summed E-state index contributed by atoms with van der Waals surface area (Å²) >= 11 is 0. The third kappa shape index (κ3) is 7.51. The molecule has 2 amide bonds. The van der Waals surface area contributed by atoms with Crippen LogP contribution in [0.2, 0.25) is 0 Å². The number of carbonyl (C=O) groups is 2. The van der Waals surface area contributed by atoms with Gasteiger partial charge in [-0.15, -0.1) is 0 Å². The van der Waals surface area contributed by atoms with Crippen LogP contribution in [0.5, 0.6) is 0 Å². The van der Waals surface area contributed by atoms with E-state index in [1.807, 2.05) is 0 Å². The van der Waals surface area contributed by atoms with Crippen molar-refractivity contribution in [2.75, 3.05) is 45.8 Å². The number of nitrogens with zero attached hydrogens (tertiary/aromatic N) is 4. The standard InChI is InChI=1S/C23H40N6O4S/c1-3-28-14-8-19(9-15-28)6-11-25-23(31)20-5-4-13-29(16-10-21(30)24-12-7-20)34(32,33)22-17-27(2)18-26-22/h17-20H,3-16H2,1-2H3,(H,24,30)(H,25,31). The van der Waals surface area contributed by atoms with Gasteiger partial charge in [0.2, 0.25) is 11.8 Å². The lowest BCUT2D eigenvalue weighted by Crippen LogP contribution is -2.37. The molecule has 1 atom stereocenters. The summed E-state index contributed by atoms with van der Waals surface area (Å²) in [5.74, 6) is 0.194. The number of piperidine rings is 1. The minimum Gasteiger partial charge on any atom is -0.356 e. The molecule has 1 aromatic rings. The predicted molar refractivity (Wildman–Crippen MR) is 129 cm³/mol. The van der Waals surface area contributed by atoms with E-state index in [1.54, 1.807) is 11.6 Å². The van der Waals surface area contributed by atoms with Gasteiger partial charge in [-0.25, -0.2) is 13.4 Å². The van der Waals surface area contributed by atoms with Crippen LogP contribution in [0.25, 0.3) is 0 Å². The van der Waals surface area contributed by atoms with Gasteiger partial charge in [0.05, 0.1) is 6.33 Å². The first-order chi connectivity index (χ1) is 16.3. The van der Waals surface area contributed by atoms with Gasteiger partial charge in [0.25, 0.3) is 10.0 Å². The van der Waals surface area contributed by atoms with E-state index in [4.69, 9.17) is 0 Å². The number of hydrogen-bond acceptors (Lipinski definition) is 6. The second-order valence-electron chi connectivity index (χ2n) is 9.47. The summed E-state index contributed by atoms with van der Waals surface area (Å²) in [7, 11) is -2.09. The molecule has 0 aromatic carbocycles. The second-order valence-corrected chi connectivity index (χ2v) is 11.4. The van der Waals surface area contributed by atoms with Crippen molar-refractivity contribution in [2.45, 2.75) is 56.9 Å². The maximum absolute atomic E-state index is 13.0. The predicted octanol–water partition coefficient (Wildman–Crippen LogP) is 0.955. The van der Waals surface area contributed by atoms with Crippen molar-refractivity contribution in [3.8, 4) is 0 Å². The van der Waals surface area contributed by atoms with Crippen molar-refractivity contribution in [3.05, 3.63) is 12.5 Å². The summed E-state index contributed by atoms with van der Waals surface area (Å²) in [4.78, 5) is 31.6. The summed E-state index contributed by atoms with van der Waals surface area (Å²) < 4.78 is 29.0. The Morgan fingerprint density at radius 3 is 2.62 bits per heavy atom. The van der Waals surface area contributed by atoms with Crippen molar-refractivity contribution in [1.29, 1.82) is 0 Å². The van der Waals surface area contributed by atoms with Crippen LogP contribution in [0.4, 0.5) is 0 Å².